The Hall–Kier alpha value is -1.58. The van der Waals surface area contributed by atoms with E-state index >= 15 is 0 Å². The summed E-state index contributed by atoms with van der Waals surface area (Å²) < 4.78 is 10.00. The van der Waals surface area contributed by atoms with Crippen molar-refractivity contribution in [2.24, 2.45) is 5.92 Å². The number of nitrogens with zero attached hydrogens (tertiary/aromatic N) is 1. The molecule has 0 aromatic carbocycles. The van der Waals surface area contributed by atoms with Crippen molar-refractivity contribution in [3.8, 4) is 11.8 Å². The van der Waals surface area contributed by atoms with E-state index in [0.717, 1.165) is 0 Å². The maximum Gasteiger partial charge on any atom is 0.227 e. The van der Waals surface area contributed by atoms with Crippen molar-refractivity contribution in [3.63, 3.8) is 0 Å². The second-order valence-corrected chi connectivity index (χ2v) is 3.43. The predicted molar refractivity (Wildman–Crippen MR) is 56.5 cm³/mol. The predicted octanol–water partition coefficient (Wildman–Crippen LogP) is 1.94. The summed E-state index contributed by atoms with van der Waals surface area (Å²) in [6, 6.07) is 3.32. The fraction of sp³-hybridized carbons (Fsp3) is 0.455. The molecule has 0 aliphatic rings. The molecule has 0 amide bonds. The van der Waals surface area contributed by atoms with Gasteiger partial charge in [-0.15, -0.1) is 0 Å². The van der Waals surface area contributed by atoms with E-state index in [1.54, 1.807) is 12.1 Å². The third-order valence-corrected chi connectivity index (χ3v) is 2.03. The largest absolute Gasteiger partial charge is 0.481 e. The highest BCUT2D eigenvalue weighted by Crippen LogP contribution is 2.22. The maximum atomic E-state index is 11.8. The summed E-state index contributed by atoms with van der Waals surface area (Å²) in [7, 11) is 3.00. The molecule has 1 heterocycles. The minimum atomic E-state index is -0.0749. The molecule has 1 aromatic heterocycles. The number of rotatable bonds is 4. The minimum absolute atomic E-state index is 0.0157. The molecule has 1 rings (SSSR count). The van der Waals surface area contributed by atoms with Crippen molar-refractivity contribution < 1.29 is 14.3 Å². The standard InChI is InChI=1S/C11H15NO3/c1-7(2)10(13)8-5-6-9(14-3)12-11(8)15-4/h5-7H,1-4H3. The fourth-order valence-corrected chi connectivity index (χ4v) is 1.19. The number of Topliss-reactive ketones (excluding diaryl/α,β-unsaturated/α-hetero) is 1. The Labute approximate surface area is 89.2 Å². The molecule has 0 N–H and O–H groups in total. The zero-order valence-electron chi connectivity index (χ0n) is 9.40. The van der Waals surface area contributed by atoms with Gasteiger partial charge in [-0.25, -0.2) is 0 Å². The minimum Gasteiger partial charge on any atom is -0.481 e. The Balaban J connectivity index is 3.13. The molecule has 0 saturated carbocycles. The van der Waals surface area contributed by atoms with Crippen LogP contribution in [0.25, 0.3) is 0 Å². The highest BCUT2D eigenvalue weighted by Gasteiger charge is 2.17. The summed E-state index contributed by atoms with van der Waals surface area (Å²) in [6.45, 7) is 3.68. The molecule has 4 heteroatoms. The van der Waals surface area contributed by atoms with Crippen LogP contribution in [0.2, 0.25) is 0 Å². The molecule has 0 unspecified atom stereocenters. The van der Waals surface area contributed by atoms with E-state index in [9.17, 15) is 4.79 Å². The summed E-state index contributed by atoms with van der Waals surface area (Å²) in [5, 5.41) is 0. The van der Waals surface area contributed by atoms with E-state index in [4.69, 9.17) is 9.47 Å². The molecule has 0 aliphatic heterocycles. The first-order chi connectivity index (χ1) is 7.10. The van der Waals surface area contributed by atoms with Gasteiger partial charge in [-0.1, -0.05) is 13.8 Å². The molecule has 0 radical (unpaired) electrons. The molecular formula is C11H15NO3. The first-order valence-corrected chi connectivity index (χ1v) is 4.73. The van der Waals surface area contributed by atoms with E-state index in [-0.39, 0.29) is 11.7 Å². The van der Waals surface area contributed by atoms with Gasteiger partial charge in [0.25, 0.3) is 0 Å². The SMILES string of the molecule is COc1ccc(C(=O)C(C)C)c(OC)n1. The van der Waals surface area contributed by atoms with Crippen LogP contribution in [0, 0.1) is 5.92 Å². The van der Waals surface area contributed by atoms with Crippen LogP contribution in [0.4, 0.5) is 0 Å². The molecular weight excluding hydrogens is 194 g/mol. The van der Waals surface area contributed by atoms with Crippen LogP contribution in [0.3, 0.4) is 0 Å². The third kappa shape index (κ3) is 2.46. The number of ether oxygens (including phenoxy) is 2. The number of carbonyl (C=O) groups is 1. The number of hydrogen-bond donors (Lipinski definition) is 0. The monoisotopic (exact) mass is 209 g/mol. The Morgan fingerprint density at radius 2 is 1.93 bits per heavy atom. The molecule has 4 nitrogen and oxygen atoms in total. The Morgan fingerprint density at radius 3 is 2.40 bits per heavy atom. The van der Waals surface area contributed by atoms with Crippen molar-refractivity contribution in [3.05, 3.63) is 17.7 Å². The molecule has 0 bridgehead atoms. The van der Waals surface area contributed by atoms with E-state index in [2.05, 4.69) is 4.98 Å². The Morgan fingerprint density at radius 1 is 1.27 bits per heavy atom. The van der Waals surface area contributed by atoms with Crippen LogP contribution in [-0.4, -0.2) is 25.0 Å². The van der Waals surface area contributed by atoms with Gasteiger partial charge in [0.1, 0.15) is 0 Å². The summed E-state index contributed by atoms with van der Waals surface area (Å²) in [5.74, 6) is 0.691. The van der Waals surface area contributed by atoms with Crippen molar-refractivity contribution >= 4 is 5.78 Å². The van der Waals surface area contributed by atoms with Gasteiger partial charge < -0.3 is 9.47 Å². The lowest BCUT2D eigenvalue weighted by atomic mass is 10.0. The fourth-order valence-electron chi connectivity index (χ4n) is 1.19. The van der Waals surface area contributed by atoms with Crippen molar-refractivity contribution in [2.75, 3.05) is 14.2 Å². The molecule has 0 atom stereocenters. The lowest BCUT2D eigenvalue weighted by Gasteiger charge is -2.09. The zero-order chi connectivity index (χ0) is 11.4. The van der Waals surface area contributed by atoms with Gasteiger partial charge in [0.2, 0.25) is 11.8 Å². The summed E-state index contributed by atoms with van der Waals surface area (Å²) in [6.07, 6.45) is 0. The molecule has 0 fully saturated rings. The van der Waals surface area contributed by atoms with Crippen LogP contribution in [0.15, 0.2) is 12.1 Å². The van der Waals surface area contributed by atoms with Crippen LogP contribution < -0.4 is 9.47 Å². The van der Waals surface area contributed by atoms with E-state index < -0.39 is 0 Å². The average Bonchev–Trinajstić information content (AvgIpc) is 2.27. The normalized spacial score (nSPS) is 10.2. The number of hydrogen-bond acceptors (Lipinski definition) is 4. The van der Waals surface area contributed by atoms with E-state index in [1.165, 1.54) is 14.2 Å². The Bertz CT molecular complexity index is 361. The number of ketones is 1. The summed E-state index contributed by atoms with van der Waals surface area (Å²) >= 11 is 0. The lowest BCUT2D eigenvalue weighted by molar-refractivity contribution is 0.0935. The van der Waals surface area contributed by atoms with E-state index in [0.29, 0.717) is 17.3 Å². The van der Waals surface area contributed by atoms with Crippen molar-refractivity contribution in [2.45, 2.75) is 13.8 Å². The third-order valence-electron chi connectivity index (χ3n) is 2.03. The van der Waals surface area contributed by atoms with Crippen molar-refractivity contribution in [1.29, 1.82) is 0 Å². The smallest absolute Gasteiger partial charge is 0.227 e. The summed E-state index contributed by atoms with van der Waals surface area (Å²) in [4.78, 5) is 15.8. The van der Waals surface area contributed by atoms with Gasteiger partial charge >= 0.3 is 0 Å². The van der Waals surface area contributed by atoms with Crippen LogP contribution in [-0.2, 0) is 0 Å². The number of methoxy groups -OCH3 is 2. The first-order valence-electron chi connectivity index (χ1n) is 4.73. The van der Waals surface area contributed by atoms with Crippen LogP contribution in [0.1, 0.15) is 24.2 Å². The highest BCUT2D eigenvalue weighted by molar-refractivity contribution is 5.99. The quantitative estimate of drug-likeness (QED) is 0.711. The van der Waals surface area contributed by atoms with Crippen LogP contribution >= 0.6 is 0 Å². The van der Waals surface area contributed by atoms with Gasteiger partial charge in [0.15, 0.2) is 5.78 Å². The van der Waals surface area contributed by atoms with Gasteiger partial charge in [0.05, 0.1) is 19.8 Å². The number of carbonyl (C=O) groups excluding carboxylic acids is 1. The maximum absolute atomic E-state index is 11.8. The van der Waals surface area contributed by atoms with Crippen LogP contribution in [0.5, 0.6) is 11.8 Å². The first kappa shape index (κ1) is 11.5. The molecule has 0 spiro atoms. The zero-order valence-corrected chi connectivity index (χ0v) is 9.40. The second kappa shape index (κ2) is 4.77. The van der Waals surface area contributed by atoms with Gasteiger partial charge in [-0.05, 0) is 6.07 Å². The van der Waals surface area contributed by atoms with Crippen molar-refractivity contribution in [1.82, 2.24) is 4.98 Å². The van der Waals surface area contributed by atoms with Gasteiger partial charge in [-0.2, -0.15) is 4.98 Å². The topological polar surface area (TPSA) is 48.4 Å². The molecule has 0 aliphatic carbocycles. The molecule has 0 saturated heterocycles. The summed E-state index contributed by atoms with van der Waals surface area (Å²) in [5.41, 5.74) is 0.494. The second-order valence-electron chi connectivity index (χ2n) is 3.43. The molecule has 1 aromatic rings. The lowest BCUT2D eigenvalue weighted by Crippen LogP contribution is -2.10. The van der Waals surface area contributed by atoms with Gasteiger partial charge in [0, 0.05) is 12.0 Å². The number of aromatic nitrogens is 1. The number of pyridine rings is 1. The average molecular weight is 209 g/mol. The highest BCUT2D eigenvalue weighted by atomic mass is 16.5. The van der Waals surface area contributed by atoms with Gasteiger partial charge in [-0.3, -0.25) is 4.79 Å². The Kier molecular flexibility index (Phi) is 3.66. The molecule has 15 heavy (non-hydrogen) atoms. The van der Waals surface area contributed by atoms with E-state index in [1.807, 2.05) is 13.8 Å². The molecule has 82 valence electrons.